The van der Waals surface area contributed by atoms with E-state index >= 15 is 0 Å². The molecule has 1 aromatic heterocycles. The Morgan fingerprint density at radius 3 is 2.80 bits per heavy atom. The van der Waals surface area contributed by atoms with Crippen LogP contribution in [0.15, 0.2) is 54.7 Å². The third-order valence-corrected chi connectivity index (χ3v) is 6.35. The summed E-state index contributed by atoms with van der Waals surface area (Å²) >= 11 is 8.25. The SMILES string of the molecule is O=C(c1c[nH]c2ccccc12)N1CCSC(c2ccccc2Cl)CC1. The number of para-hydroxylation sites is 1. The summed E-state index contributed by atoms with van der Waals surface area (Å²) in [6.07, 6.45) is 2.75. The highest BCUT2D eigenvalue weighted by atomic mass is 35.5. The Morgan fingerprint density at radius 2 is 1.92 bits per heavy atom. The first kappa shape index (κ1) is 16.6. The molecule has 2 aromatic carbocycles. The molecule has 1 fully saturated rings. The van der Waals surface area contributed by atoms with Crippen LogP contribution in [0.3, 0.4) is 0 Å². The number of thioether (sulfide) groups is 1. The average molecular weight is 371 g/mol. The van der Waals surface area contributed by atoms with E-state index in [1.807, 2.05) is 65.3 Å². The molecule has 1 aliphatic rings. The van der Waals surface area contributed by atoms with E-state index in [1.54, 1.807) is 0 Å². The van der Waals surface area contributed by atoms with E-state index in [4.69, 9.17) is 11.6 Å². The Balaban J connectivity index is 1.53. The van der Waals surface area contributed by atoms with E-state index < -0.39 is 0 Å². The quantitative estimate of drug-likeness (QED) is 0.677. The molecule has 1 unspecified atom stereocenters. The minimum atomic E-state index is 0.109. The number of halogens is 1. The van der Waals surface area contributed by atoms with Gasteiger partial charge in [0.25, 0.3) is 5.91 Å². The maximum atomic E-state index is 13.0. The van der Waals surface area contributed by atoms with Gasteiger partial charge in [0.2, 0.25) is 0 Å². The van der Waals surface area contributed by atoms with Crippen LogP contribution in [0.2, 0.25) is 5.02 Å². The lowest BCUT2D eigenvalue weighted by atomic mass is 10.1. The number of aromatic nitrogens is 1. The summed E-state index contributed by atoms with van der Waals surface area (Å²) in [6.45, 7) is 1.52. The lowest BCUT2D eigenvalue weighted by molar-refractivity contribution is 0.0768. The fraction of sp³-hybridized carbons (Fsp3) is 0.250. The average Bonchev–Trinajstić information content (AvgIpc) is 2.91. The second-order valence-electron chi connectivity index (χ2n) is 6.21. The molecule has 1 saturated heterocycles. The zero-order valence-electron chi connectivity index (χ0n) is 13.7. The molecule has 0 aliphatic carbocycles. The van der Waals surface area contributed by atoms with Crippen molar-refractivity contribution in [1.29, 1.82) is 0 Å². The molecule has 1 N–H and O–H groups in total. The number of fused-ring (bicyclic) bond motifs is 1. The number of aromatic amines is 1. The van der Waals surface area contributed by atoms with Crippen LogP contribution in [0.5, 0.6) is 0 Å². The maximum absolute atomic E-state index is 13.0. The van der Waals surface area contributed by atoms with Gasteiger partial charge in [-0.05, 0) is 24.1 Å². The predicted octanol–water partition coefficient (Wildman–Crippen LogP) is 5.14. The molecule has 1 atom stereocenters. The Labute approximate surface area is 156 Å². The van der Waals surface area contributed by atoms with Gasteiger partial charge in [-0.25, -0.2) is 0 Å². The van der Waals surface area contributed by atoms with E-state index in [-0.39, 0.29) is 5.91 Å². The van der Waals surface area contributed by atoms with Gasteiger partial charge in [0.05, 0.1) is 5.56 Å². The number of benzene rings is 2. The van der Waals surface area contributed by atoms with E-state index in [2.05, 4.69) is 11.1 Å². The topological polar surface area (TPSA) is 36.1 Å². The van der Waals surface area contributed by atoms with Crippen LogP contribution in [0, 0.1) is 0 Å². The molecule has 25 heavy (non-hydrogen) atoms. The molecule has 1 aliphatic heterocycles. The molecular formula is C20H19ClN2OS. The number of hydrogen-bond donors (Lipinski definition) is 1. The maximum Gasteiger partial charge on any atom is 0.256 e. The van der Waals surface area contributed by atoms with Gasteiger partial charge in [-0.15, -0.1) is 0 Å². The second-order valence-corrected chi connectivity index (χ2v) is 7.93. The van der Waals surface area contributed by atoms with Crippen molar-refractivity contribution in [3.8, 4) is 0 Å². The number of rotatable bonds is 2. The van der Waals surface area contributed by atoms with Crippen molar-refractivity contribution < 1.29 is 4.79 Å². The molecular weight excluding hydrogens is 352 g/mol. The van der Waals surface area contributed by atoms with Crippen molar-refractivity contribution in [3.63, 3.8) is 0 Å². The molecule has 0 spiro atoms. The van der Waals surface area contributed by atoms with Gasteiger partial charge in [-0.1, -0.05) is 48.0 Å². The van der Waals surface area contributed by atoms with Crippen LogP contribution in [0.25, 0.3) is 10.9 Å². The fourth-order valence-electron chi connectivity index (χ4n) is 3.38. The third-order valence-electron chi connectivity index (χ3n) is 4.70. The summed E-state index contributed by atoms with van der Waals surface area (Å²) in [5.74, 6) is 1.03. The van der Waals surface area contributed by atoms with E-state index in [0.717, 1.165) is 46.8 Å². The van der Waals surface area contributed by atoms with E-state index in [9.17, 15) is 4.79 Å². The minimum absolute atomic E-state index is 0.109. The summed E-state index contributed by atoms with van der Waals surface area (Å²) in [5.41, 5.74) is 2.94. The predicted molar refractivity (Wildman–Crippen MR) is 105 cm³/mol. The van der Waals surface area contributed by atoms with E-state index in [0.29, 0.717) is 5.25 Å². The zero-order valence-corrected chi connectivity index (χ0v) is 15.3. The van der Waals surface area contributed by atoms with Gasteiger partial charge < -0.3 is 9.88 Å². The summed E-state index contributed by atoms with van der Waals surface area (Å²) < 4.78 is 0. The van der Waals surface area contributed by atoms with Crippen molar-refractivity contribution in [2.24, 2.45) is 0 Å². The molecule has 0 radical (unpaired) electrons. The van der Waals surface area contributed by atoms with Gasteiger partial charge in [0.15, 0.2) is 0 Å². The normalized spacial score (nSPS) is 18.3. The first-order chi connectivity index (χ1) is 12.2. The van der Waals surface area contributed by atoms with Crippen LogP contribution in [-0.4, -0.2) is 34.6 Å². The number of carbonyl (C=O) groups is 1. The fourth-order valence-corrected chi connectivity index (χ4v) is 4.98. The Kier molecular flexibility index (Phi) is 4.73. The van der Waals surface area contributed by atoms with Gasteiger partial charge in [0, 0.05) is 46.2 Å². The highest BCUT2D eigenvalue weighted by Gasteiger charge is 2.25. The molecule has 128 valence electrons. The van der Waals surface area contributed by atoms with Gasteiger partial charge >= 0.3 is 0 Å². The summed E-state index contributed by atoms with van der Waals surface area (Å²) in [5, 5.41) is 2.15. The zero-order chi connectivity index (χ0) is 17.2. The van der Waals surface area contributed by atoms with Gasteiger partial charge in [0.1, 0.15) is 0 Å². The van der Waals surface area contributed by atoms with Crippen molar-refractivity contribution in [1.82, 2.24) is 9.88 Å². The van der Waals surface area contributed by atoms with Crippen molar-refractivity contribution in [2.75, 3.05) is 18.8 Å². The first-order valence-corrected chi connectivity index (χ1v) is 9.88. The second kappa shape index (κ2) is 7.14. The van der Waals surface area contributed by atoms with Crippen molar-refractivity contribution in [2.45, 2.75) is 11.7 Å². The molecule has 2 heterocycles. The van der Waals surface area contributed by atoms with Crippen molar-refractivity contribution >= 4 is 40.2 Å². The molecule has 1 amide bonds. The molecule has 5 heteroatoms. The summed E-state index contributed by atoms with van der Waals surface area (Å²) in [7, 11) is 0. The van der Waals surface area contributed by atoms with Crippen LogP contribution in [0.4, 0.5) is 0 Å². The molecule has 0 bridgehead atoms. The number of amides is 1. The first-order valence-electron chi connectivity index (χ1n) is 8.45. The molecule has 4 rings (SSSR count). The Hall–Kier alpha value is -1.91. The number of nitrogens with one attached hydrogen (secondary N) is 1. The number of hydrogen-bond acceptors (Lipinski definition) is 2. The highest BCUT2D eigenvalue weighted by Crippen LogP contribution is 2.38. The smallest absolute Gasteiger partial charge is 0.256 e. The Morgan fingerprint density at radius 1 is 1.12 bits per heavy atom. The number of H-pyrrole nitrogens is 1. The largest absolute Gasteiger partial charge is 0.360 e. The summed E-state index contributed by atoms with van der Waals surface area (Å²) in [6, 6.07) is 16.0. The molecule has 3 nitrogen and oxygen atoms in total. The summed E-state index contributed by atoms with van der Waals surface area (Å²) in [4.78, 5) is 18.2. The Bertz CT molecular complexity index is 907. The molecule has 0 saturated carbocycles. The van der Waals surface area contributed by atoms with Crippen LogP contribution >= 0.6 is 23.4 Å². The monoisotopic (exact) mass is 370 g/mol. The van der Waals surface area contributed by atoms with Crippen molar-refractivity contribution in [3.05, 3.63) is 70.9 Å². The van der Waals surface area contributed by atoms with Gasteiger partial charge in [-0.2, -0.15) is 11.8 Å². The standard InChI is InChI=1S/C20H19ClN2OS/c21-17-7-3-1-6-15(17)19-9-10-23(11-12-25-19)20(24)16-13-22-18-8-4-2-5-14(16)18/h1-8,13,19,22H,9-12H2. The van der Waals surface area contributed by atoms with Crippen LogP contribution in [-0.2, 0) is 0 Å². The lowest BCUT2D eigenvalue weighted by Crippen LogP contribution is -2.32. The molecule has 3 aromatic rings. The number of carbonyl (C=O) groups excluding carboxylic acids is 1. The van der Waals surface area contributed by atoms with Crippen LogP contribution < -0.4 is 0 Å². The minimum Gasteiger partial charge on any atom is -0.360 e. The van der Waals surface area contributed by atoms with Crippen LogP contribution in [0.1, 0.15) is 27.6 Å². The number of nitrogens with zero attached hydrogens (tertiary/aromatic N) is 1. The van der Waals surface area contributed by atoms with Gasteiger partial charge in [-0.3, -0.25) is 4.79 Å². The lowest BCUT2D eigenvalue weighted by Gasteiger charge is -2.20. The highest BCUT2D eigenvalue weighted by molar-refractivity contribution is 7.99. The van der Waals surface area contributed by atoms with E-state index in [1.165, 1.54) is 5.56 Å². The third kappa shape index (κ3) is 3.29.